The molecule has 1 amide bonds. The fraction of sp³-hybridized carbons (Fsp3) is 0.429. The number of pyridine rings is 1. The van der Waals surface area contributed by atoms with Crippen molar-refractivity contribution in [2.75, 3.05) is 31.1 Å². The van der Waals surface area contributed by atoms with Gasteiger partial charge in [0.05, 0.1) is 10.6 Å². The second kappa shape index (κ2) is 8.43. The van der Waals surface area contributed by atoms with E-state index < -0.39 is 17.8 Å². The average molecular weight is 439 g/mol. The minimum Gasteiger partial charge on any atom is -0.353 e. The van der Waals surface area contributed by atoms with E-state index in [9.17, 15) is 18.0 Å². The molecule has 1 aliphatic heterocycles. The Morgan fingerprint density at radius 1 is 1.13 bits per heavy atom. The van der Waals surface area contributed by atoms with Crippen molar-refractivity contribution < 1.29 is 18.0 Å². The van der Waals surface area contributed by atoms with Gasteiger partial charge in [0.15, 0.2) is 0 Å². The number of amides is 1. The van der Waals surface area contributed by atoms with Gasteiger partial charge in [0.1, 0.15) is 11.9 Å². The van der Waals surface area contributed by atoms with Crippen LogP contribution in [0, 0.1) is 0 Å². The Morgan fingerprint density at radius 2 is 1.80 bits per heavy atom. The number of benzene rings is 1. The summed E-state index contributed by atoms with van der Waals surface area (Å²) >= 11 is 6.10. The Hall–Kier alpha value is -2.32. The van der Waals surface area contributed by atoms with Gasteiger partial charge < -0.3 is 10.2 Å². The molecule has 1 aromatic carbocycles. The fourth-order valence-corrected chi connectivity index (χ4v) is 3.97. The van der Waals surface area contributed by atoms with Crippen molar-refractivity contribution in [1.82, 2.24) is 15.2 Å². The standard InChI is InChI=1S/C21H22ClF3N4O/c22-17-12-15(21(23,24)25)13-26-19(17)29-10-8-28(9-11-29)18(14-4-2-1-3-5-14)20(30)27-16-6-7-16/h1-5,12-13,16,18H,6-11H2,(H,27,30). The number of nitrogens with one attached hydrogen (secondary N) is 1. The molecule has 1 aliphatic carbocycles. The third-order valence-electron chi connectivity index (χ3n) is 5.42. The average Bonchev–Trinajstić information content (AvgIpc) is 3.53. The molecular formula is C21H22ClF3N4O. The zero-order valence-electron chi connectivity index (χ0n) is 16.2. The van der Waals surface area contributed by atoms with Crippen LogP contribution in [0.5, 0.6) is 0 Å². The first-order valence-corrected chi connectivity index (χ1v) is 10.3. The third-order valence-corrected chi connectivity index (χ3v) is 5.69. The number of hydrogen-bond acceptors (Lipinski definition) is 4. The van der Waals surface area contributed by atoms with Crippen LogP contribution in [0.25, 0.3) is 0 Å². The monoisotopic (exact) mass is 438 g/mol. The Bertz CT molecular complexity index is 897. The van der Waals surface area contributed by atoms with E-state index in [1.54, 1.807) is 0 Å². The van der Waals surface area contributed by atoms with Crippen LogP contribution >= 0.6 is 11.6 Å². The van der Waals surface area contributed by atoms with Crippen LogP contribution in [0.4, 0.5) is 19.0 Å². The highest BCUT2D eigenvalue weighted by Crippen LogP contribution is 2.34. The molecule has 2 aliphatic rings. The maximum Gasteiger partial charge on any atom is 0.417 e. The molecule has 9 heteroatoms. The molecule has 30 heavy (non-hydrogen) atoms. The summed E-state index contributed by atoms with van der Waals surface area (Å²) in [6.45, 7) is 2.16. The molecule has 0 spiro atoms. The molecular weight excluding hydrogens is 417 g/mol. The largest absolute Gasteiger partial charge is 0.417 e. The zero-order valence-corrected chi connectivity index (χ0v) is 17.0. The van der Waals surface area contributed by atoms with E-state index in [0.717, 1.165) is 30.7 Å². The Labute approximate surface area is 177 Å². The van der Waals surface area contributed by atoms with E-state index in [0.29, 0.717) is 32.0 Å². The first-order valence-electron chi connectivity index (χ1n) is 9.90. The van der Waals surface area contributed by atoms with Crippen molar-refractivity contribution in [3.05, 3.63) is 58.7 Å². The van der Waals surface area contributed by atoms with Crippen molar-refractivity contribution in [3.63, 3.8) is 0 Å². The highest BCUT2D eigenvalue weighted by atomic mass is 35.5. The maximum absolute atomic E-state index is 12.9. The molecule has 2 heterocycles. The quantitative estimate of drug-likeness (QED) is 0.769. The number of alkyl halides is 3. The van der Waals surface area contributed by atoms with Crippen LogP contribution in [-0.2, 0) is 11.0 Å². The van der Waals surface area contributed by atoms with E-state index in [-0.39, 0.29) is 17.0 Å². The number of anilines is 1. The first-order chi connectivity index (χ1) is 14.3. The lowest BCUT2D eigenvalue weighted by Gasteiger charge is -2.39. The van der Waals surface area contributed by atoms with Crippen molar-refractivity contribution in [2.24, 2.45) is 0 Å². The Kier molecular flexibility index (Phi) is 5.88. The topological polar surface area (TPSA) is 48.5 Å². The first kappa shape index (κ1) is 20.9. The molecule has 1 atom stereocenters. The van der Waals surface area contributed by atoms with Gasteiger partial charge in [-0.1, -0.05) is 41.9 Å². The normalized spacial score (nSPS) is 18.9. The van der Waals surface area contributed by atoms with Crippen molar-refractivity contribution in [2.45, 2.75) is 31.1 Å². The molecule has 1 saturated carbocycles. The minimum atomic E-state index is -4.48. The van der Waals surface area contributed by atoms with Gasteiger partial charge in [-0.15, -0.1) is 0 Å². The minimum absolute atomic E-state index is 0.0113. The number of carbonyl (C=O) groups excluding carboxylic acids is 1. The van der Waals surface area contributed by atoms with Gasteiger partial charge >= 0.3 is 6.18 Å². The molecule has 160 valence electrons. The molecule has 1 saturated heterocycles. The smallest absolute Gasteiger partial charge is 0.353 e. The van der Waals surface area contributed by atoms with Crippen LogP contribution in [0.2, 0.25) is 5.02 Å². The number of carbonyl (C=O) groups is 1. The molecule has 0 radical (unpaired) electrons. The SMILES string of the molecule is O=C(NC1CC1)C(c1ccccc1)N1CCN(c2ncc(C(F)(F)F)cc2Cl)CC1. The molecule has 4 rings (SSSR count). The lowest BCUT2D eigenvalue weighted by molar-refractivity contribution is -0.137. The predicted molar refractivity (Wildman–Crippen MR) is 108 cm³/mol. The van der Waals surface area contributed by atoms with Crippen LogP contribution < -0.4 is 10.2 Å². The Balaban J connectivity index is 1.47. The zero-order chi connectivity index (χ0) is 21.3. The summed E-state index contributed by atoms with van der Waals surface area (Å²) in [6, 6.07) is 10.4. The summed E-state index contributed by atoms with van der Waals surface area (Å²) in [5.41, 5.74) is 0.0607. The van der Waals surface area contributed by atoms with Crippen LogP contribution in [0.15, 0.2) is 42.6 Å². The lowest BCUT2D eigenvalue weighted by Crippen LogP contribution is -2.51. The van der Waals surface area contributed by atoms with Gasteiger partial charge in [0.25, 0.3) is 0 Å². The molecule has 2 fully saturated rings. The lowest BCUT2D eigenvalue weighted by atomic mass is 10.0. The maximum atomic E-state index is 12.9. The summed E-state index contributed by atoms with van der Waals surface area (Å²) in [5.74, 6) is 0.325. The second-order valence-electron chi connectivity index (χ2n) is 7.65. The highest BCUT2D eigenvalue weighted by molar-refractivity contribution is 6.33. The molecule has 1 aromatic heterocycles. The fourth-order valence-electron chi connectivity index (χ4n) is 3.68. The summed E-state index contributed by atoms with van der Waals surface area (Å²) in [6.07, 6.45) is -1.65. The number of halogens is 4. The van der Waals surface area contributed by atoms with E-state index in [4.69, 9.17) is 11.6 Å². The number of rotatable bonds is 5. The van der Waals surface area contributed by atoms with Gasteiger partial charge in [-0.05, 0) is 24.5 Å². The number of nitrogens with zero attached hydrogens (tertiary/aromatic N) is 3. The third kappa shape index (κ3) is 4.70. The number of piperazine rings is 1. The Morgan fingerprint density at radius 3 is 2.37 bits per heavy atom. The van der Waals surface area contributed by atoms with Crippen molar-refractivity contribution >= 4 is 23.3 Å². The summed E-state index contributed by atoms with van der Waals surface area (Å²) < 4.78 is 38.6. The van der Waals surface area contributed by atoms with Gasteiger partial charge in [-0.3, -0.25) is 9.69 Å². The van der Waals surface area contributed by atoms with Gasteiger partial charge in [0, 0.05) is 38.4 Å². The highest BCUT2D eigenvalue weighted by Gasteiger charge is 2.35. The molecule has 0 bridgehead atoms. The molecule has 1 unspecified atom stereocenters. The summed E-state index contributed by atoms with van der Waals surface area (Å²) in [5, 5.41) is 3.06. The number of hydrogen-bond donors (Lipinski definition) is 1. The van der Waals surface area contributed by atoms with Gasteiger partial charge in [0.2, 0.25) is 5.91 Å². The predicted octanol–water partition coefficient (Wildman–Crippen LogP) is 3.90. The summed E-state index contributed by atoms with van der Waals surface area (Å²) in [4.78, 5) is 20.8. The van der Waals surface area contributed by atoms with Crippen LogP contribution in [-0.4, -0.2) is 48.0 Å². The van der Waals surface area contributed by atoms with Crippen molar-refractivity contribution in [3.8, 4) is 0 Å². The van der Waals surface area contributed by atoms with Crippen molar-refractivity contribution in [1.29, 1.82) is 0 Å². The van der Waals surface area contributed by atoms with Crippen LogP contribution in [0.1, 0.15) is 30.0 Å². The molecule has 2 aromatic rings. The van der Waals surface area contributed by atoms with E-state index in [1.807, 2.05) is 35.2 Å². The number of aromatic nitrogens is 1. The van der Waals surface area contributed by atoms with E-state index in [2.05, 4.69) is 15.2 Å². The summed E-state index contributed by atoms with van der Waals surface area (Å²) in [7, 11) is 0. The van der Waals surface area contributed by atoms with Crippen LogP contribution in [0.3, 0.4) is 0 Å². The van der Waals surface area contributed by atoms with E-state index in [1.165, 1.54) is 0 Å². The van der Waals surface area contributed by atoms with E-state index >= 15 is 0 Å². The van der Waals surface area contributed by atoms with Gasteiger partial charge in [-0.2, -0.15) is 13.2 Å². The second-order valence-corrected chi connectivity index (χ2v) is 8.05. The molecule has 5 nitrogen and oxygen atoms in total. The van der Waals surface area contributed by atoms with Gasteiger partial charge in [-0.25, -0.2) is 4.98 Å². The molecule has 1 N–H and O–H groups in total.